The van der Waals surface area contributed by atoms with E-state index in [0.717, 1.165) is 30.1 Å². The molecule has 1 aliphatic heterocycles. The van der Waals surface area contributed by atoms with Gasteiger partial charge < -0.3 is 18.8 Å². The molecule has 0 atom stereocenters. The Labute approximate surface area is 153 Å². The Morgan fingerprint density at radius 3 is 2.58 bits per heavy atom. The van der Waals surface area contributed by atoms with Gasteiger partial charge >= 0.3 is 6.09 Å². The number of ether oxygens (including phenoxy) is 2. The first kappa shape index (κ1) is 18.3. The van der Waals surface area contributed by atoms with E-state index >= 15 is 0 Å². The first-order chi connectivity index (χ1) is 12.3. The molecule has 1 aliphatic rings. The Bertz CT molecular complexity index is 809. The van der Waals surface area contributed by atoms with Crippen LogP contribution in [0.15, 0.2) is 22.6 Å². The molecular weight excluding hydrogens is 334 g/mol. The van der Waals surface area contributed by atoms with E-state index in [1.807, 2.05) is 45.9 Å². The Morgan fingerprint density at radius 1 is 1.27 bits per heavy atom. The third kappa shape index (κ3) is 3.84. The molecule has 1 fully saturated rings. The molecular formula is C20H25NO5. The van der Waals surface area contributed by atoms with Gasteiger partial charge in [0.05, 0.1) is 5.39 Å². The van der Waals surface area contributed by atoms with Crippen molar-refractivity contribution in [3.63, 3.8) is 0 Å². The highest BCUT2D eigenvalue weighted by atomic mass is 16.6. The number of carbonyl (C=O) groups excluding carboxylic acids is 2. The second-order valence-corrected chi connectivity index (χ2v) is 7.62. The van der Waals surface area contributed by atoms with Crippen LogP contribution in [0.5, 0.6) is 5.75 Å². The predicted molar refractivity (Wildman–Crippen MR) is 97.8 cm³/mol. The summed E-state index contributed by atoms with van der Waals surface area (Å²) in [4.78, 5) is 25.0. The fourth-order valence-electron chi connectivity index (χ4n) is 3.16. The number of hydrogen-bond donors (Lipinski definition) is 0. The molecule has 6 heteroatoms. The molecule has 6 nitrogen and oxygen atoms in total. The summed E-state index contributed by atoms with van der Waals surface area (Å²) in [7, 11) is 0. The normalized spacial score (nSPS) is 15.9. The third-order valence-electron chi connectivity index (χ3n) is 4.45. The molecule has 3 rings (SSSR count). The van der Waals surface area contributed by atoms with Crippen LogP contribution in [-0.4, -0.2) is 42.1 Å². The summed E-state index contributed by atoms with van der Waals surface area (Å²) in [5.74, 6) is 1.04. The number of piperidine rings is 1. The highest BCUT2D eigenvalue weighted by Gasteiger charge is 2.28. The zero-order valence-electron chi connectivity index (χ0n) is 15.7. The van der Waals surface area contributed by atoms with Crippen LogP contribution in [0.2, 0.25) is 0 Å². The number of aldehydes is 1. The van der Waals surface area contributed by atoms with E-state index in [-0.39, 0.29) is 12.2 Å². The SMILES string of the molecule is Cc1c(C=O)oc2cccc(OC3CCN(C(=O)OC(C)(C)C)CC3)c12. The van der Waals surface area contributed by atoms with Crippen molar-refractivity contribution in [3.05, 3.63) is 29.5 Å². The van der Waals surface area contributed by atoms with E-state index in [1.165, 1.54) is 0 Å². The maximum Gasteiger partial charge on any atom is 0.410 e. The summed E-state index contributed by atoms with van der Waals surface area (Å²) in [5.41, 5.74) is 0.944. The van der Waals surface area contributed by atoms with Gasteiger partial charge in [0.25, 0.3) is 0 Å². The molecule has 0 saturated carbocycles. The lowest BCUT2D eigenvalue weighted by Crippen LogP contribution is -2.44. The number of rotatable bonds is 3. The van der Waals surface area contributed by atoms with Crippen molar-refractivity contribution in [2.75, 3.05) is 13.1 Å². The summed E-state index contributed by atoms with van der Waals surface area (Å²) in [6, 6.07) is 5.57. The molecule has 1 aromatic heterocycles. The van der Waals surface area contributed by atoms with Crippen LogP contribution in [0.4, 0.5) is 4.79 Å². The van der Waals surface area contributed by atoms with E-state index in [4.69, 9.17) is 13.9 Å². The number of aryl methyl sites for hydroxylation is 1. The highest BCUT2D eigenvalue weighted by molar-refractivity contribution is 5.93. The highest BCUT2D eigenvalue weighted by Crippen LogP contribution is 2.34. The number of benzene rings is 1. The standard InChI is InChI=1S/C20H25NO5/c1-13-17(12-22)25-16-7-5-6-15(18(13)16)24-14-8-10-21(11-9-14)19(23)26-20(2,3)4/h5-7,12,14H,8-11H2,1-4H3. The number of nitrogens with zero attached hydrogens (tertiary/aromatic N) is 1. The number of amides is 1. The van der Waals surface area contributed by atoms with Gasteiger partial charge in [-0.15, -0.1) is 0 Å². The second-order valence-electron chi connectivity index (χ2n) is 7.62. The van der Waals surface area contributed by atoms with Crippen molar-refractivity contribution in [2.45, 2.75) is 52.2 Å². The number of carbonyl (C=O) groups is 2. The minimum Gasteiger partial charge on any atom is -0.490 e. The van der Waals surface area contributed by atoms with Crippen molar-refractivity contribution in [1.82, 2.24) is 4.90 Å². The van der Waals surface area contributed by atoms with Crippen molar-refractivity contribution in [3.8, 4) is 5.75 Å². The minimum absolute atomic E-state index is 0.00766. The molecule has 0 N–H and O–H groups in total. The molecule has 2 aromatic rings. The van der Waals surface area contributed by atoms with E-state index in [2.05, 4.69) is 0 Å². The first-order valence-corrected chi connectivity index (χ1v) is 8.90. The molecule has 26 heavy (non-hydrogen) atoms. The largest absolute Gasteiger partial charge is 0.490 e. The summed E-state index contributed by atoms with van der Waals surface area (Å²) >= 11 is 0. The number of fused-ring (bicyclic) bond motifs is 1. The maximum absolute atomic E-state index is 12.2. The average Bonchev–Trinajstić information content (AvgIpc) is 2.91. The number of likely N-dealkylation sites (tertiary alicyclic amines) is 1. The first-order valence-electron chi connectivity index (χ1n) is 8.90. The van der Waals surface area contributed by atoms with Gasteiger partial charge in [0.15, 0.2) is 12.0 Å². The van der Waals surface area contributed by atoms with Crippen molar-refractivity contribution < 1.29 is 23.5 Å². The smallest absolute Gasteiger partial charge is 0.410 e. The van der Waals surface area contributed by atoms with E-state index < -0.39 is 5.60 Å². The molecule has 1 saturated heterocycles. The van der Waals surface area contributed by atoms with Crippen LogP contribution in [0.1, 0.15) is 49.7 Å². The number of furan rings is 1. The maximum atomic E-state index is 12.2. The second kappa shape index (κ2) is 7.02. The van der Waals surface area contributed by atoms with Crippen molar-refractivity contribution in [2.24, 2.45) is 0 Å². The van der Waals surface area contributed by atoms with Gasteiger partial charge in [0.1, 0.15) is 23.0 Å². The minimum atomic E-state index is -0.491. The van der Waals surface area contributed by atoms with E-state index in [9.17, 15) is 9.59 Å². The zero-order valence-corrected chi connectivity index (χ0v) is 15.7. The molecule has 0 unspecified atom stereocenters. The lowest BCUT2D eigenvalue weighted by atomic mass is 10.1. The monoisotopic (exact) mass is 359 g/mol. The van der Waals surface area contributed by atoms with Gasteiger partial charge in [-0.2, -0.15) is 0 Å². The average molecular weight is 359 g/mol. The molecule has 140 valence electrons. The summed E-state index contributed by atoms with van der Waals surface area (Å²) in [6.07, 6.45) is 1.91. The topological polar surface area (TPSA) is 69.0 Å². The van der Waals surface area contributed by atoms with Gasteiger partial charge in [0.2, 0.25) is 0 Å². The summed E-state index contributed by atoms with van der Waals surface area (Å²) < 4.78 is 17.2. The molecule has 2 heterocycles. The van der Waals surface area contributed by atoms with Crippen LogP contribution in [-0.2, 0) is 4.74 Å². The third-order valence-corrected chi connectivity index (χ3v) is 4.45. The molecule has 0 radical (unpaired) electrons. The summed E-state index contributed by atoms with van der Waals surface area (Å²) in [5, 5.41) is 0.837. The lowest BCUT2D eigenvalue weighted by Gasteiger charge is -2.33. The fraction of sp³-hybridized carbons (Fsp3) is 0.500. The van der Waals surface area contributed by atoms with Crippen LogP contribution in [0.25, 0.3) is 11.0 Å². The van der Waals surface area contributed by atoms with Gasteiger partial charge in [-0.05, 0) is 39.8 Å². The van der Waals surface area contributed by atoms with Crippen LogP contribution >= 0.6 is 0 Å². The molecule has 0 bridgehead atoms. The molecule has 1 amide bonds. The van der Waals surface area contributed by atoms with Gasteiger partial charge in [0, 0.05) is 31.5 Å². The Morgan fingerprint density at radius 2 is 1.96 bits per heavy atom. The van der Waals surface area contributed by atoms with Crippen molar-refractivity contribution >= 4 is 23.3 Å². The van der Waals surface area contributed by atoms with Crippen LogP contribution in [0.3, 0.4) is 0 Å². The number of hydrogen-bond acceptors (Lipinski definition) is 5. The Kier molecular flexibility index (Phi) is 4.94. The van der Waals surface area contributed by atoms with Crippen LogP contribution in [0, 0.1) is 6.92 Å². The van der Waals surface area contributed by atoms with Gasteiger partial charge in [-0.1, -0.05) is 6.07 Å². The molecule has 0 aliphatic carbocycles. The van der Waals surface area contributed by atoms with Crippen LogP contribution < -0.4 is 4.74 Å². The van der Waals surface area contributed by atoms with Gasteiger partial charge in [-0.3, -0.25) is 4.79 Å². The fourth-order valence-corrected chi connectivity index (χ4v) is 3.16. The Balaban J connectivity index is 1.67. The van der Waals surface area contributed by atoms with E-state index in [1.54, 1.807) is 4.90 Å². The zero-order chi connectivity index (χ0) is 18.9. The van der Waals surface area contributed by atoms with Crippen molar-refractivity contribution in [1.29, 1.82) is 0 Å². The predicted octanol–water partition coefficient (Wildman–Crippen LogP) is 4.33. The summed E-state index contributed by atoms with van der Waals surface area (Å²) in [6.45, 7) is 8.64. The molecule has 1 aromatic carbocycles. The quantitative estimate of drug-likeness (QED) is 0.763. The van der Waals surface area contributed by atoms with Gasteiger partial charge in [-0.25, -0.2) is 4.79 Å². The van der Waals surface area contributed by atoms with E-state index in [0.29, 0.717) is 30.2 Å². The Hall–Kier alpha value is -2.50. The lowest BCUT2D eigenvalue weighted by molar-refractivity contribution is 0.0128. The molecule has 0 spiro atoms.